The maximum absolute atomic E-state index is 12.4. The second-order valence-corrected chi connectivity index (χ2v) is 5.91. The van der Waals surface area contributed by atoms with Gasteiger partial charge in [0.1, 0.15) is 0 Å². The number of aromatic nitrogens is 2. The largest absolute Gasteiger partial charge is 0.376 e. The van der Waals surface area contributed by atoms with E-state index in [1.165, 1.54) is 0 Å². The van der Waals surface area contributed by atoms with Crippen molar-refractivity contribution in [3.63, 3.8) is 0 Å². The molecule has 1 N–H and O–H groups in total. The van der Waals surface area contributed by atoms with E-state index >= 15 is 0 Å². The van der Waals surface area contributed by atoms with Crippen LogP contribution in [0.25, 0.3) is 0 Å². The first-order chi connectivity index (χ1) is 10.7. The molecule has 2 aliphatic heterocycles. The van der Waals surface area contributed by atoms with Gasteiger partial charge in [-0.1, -0.05) is 0 Å². The predicted molar refractivity (Wildman–Crippen MR) is 82.9 cm³/mol. The van der Waals surface area contributed by atoms with Gasteiger partial charge in [-0.3, -0.25) is 4.79 Å². The molecule has 2 fully saturated rings. The molecule has 0 saturated carbocycles. The zero-order valence-corrected chi connectivity index (χ0v) is 13.0. The van der Waals surface area contributed by atoms with E-state index in [1.54, 1.807) is 12.4 Å². The van der Waals surface area contributed by atoms with Gasteiger partial charge < -0.3 is 19.9 Å². The van der Waals surface area contributed by atoms with Gasteiger partial charge in [0.2, 0.25) is 5.95 Å². The Labute approximate surface area is 130 Å². The quantitative estimate of drug-likeness (QED) is 0.871. The number of hydrogen-bond acceptors (Lipinski definition) is 6. The van der Waals surface area contributed by atoms with Crippen molar-refractivity contribution in [3.05, 3.63) is 18.0 Å². The summed E-state index contributed by atoms with van der Waals surface area (Å²) in [7, 11) is 2.07. The van der Waals surface area contributed by atoms with Crippen molar-refractivity contribution in [2.75, 3.05) is 51.7 Å². The summed E-state index contributed by atoms with van der Waals surface area (Å²) >= 11 is 0. The van der Waals surface area contributed by atoms with Gasteiger partial charge in [0.25, 0.3) is 5.91 Å². The second-order valence-electron chi connectivity index (χ2n) is 5.91. The Hall–Kier alpha value is -1.73. The highest BCUT2D eigenvalue weighted by molar-refractivity contribution is 5.93. The number of hydrogen-bond donors (Lipinski definition) is 1. The second kappa shape index (κ2) is 7.02. The highest BCUT2D eigenvalue weighted by Gasteiger charge is 2.21. The lowest BCUT2D eigenvalue weighted by Gasteiger charge is -2.32. The fourth-order valence-corrected chi connectivity index (χ4v) is 2.73. The van der Waals surface area contributed by atoms with Crippen molar-refractivity contribution in [2.45, 2.75) is 18.9 Å². The summed E-state index contributed by atoms with van der Waals surface area (Å²) in [6, 6.07) is 0. The van der Waals surface area contributed by atoms with E-state index in [0.717, 1.165) is 45.6 Å². The minimum Gasteiger partial charge on any atom is -0.376 e. The average molecular weight is 305 g/mol. The summed E-state index contributed by atoms with van der Waals surface area (Å²) in [6.07, 6.45) is 5.64. The molecule has 120 valence electrons. The molecule has 7 nitrogen and oxygen atoms in total. The molecule has 2 aliphatic rings. The van der Waals surface area contributed by atoms with Crippen LogP contribution in [0.5, 0.6) is 0 Å². The van der Waals surface area contributed by atoms with E-state index in [0.29, 0.717) is 18.1 Å². The summed E-state index contributed by atoms with van der Waals surface area (Å²) < 4.78 is 5.54. The normalized spacial score (nSPS) is 22.8. The van der Waals surface area contributed by atoms with Gasteiger partial charge in [-0.05, 0) is 19.9 Å². The minimum atomic E-state index is 0.0128. The van der Waals surface area contributed by atoms with Crippen LogP contribution in [-0.4, -0.2) is 78.2 Å². The standard InChI is InChI=1S/C15H23N5O2/c1-19-4-6-20(7-5-19)14(21)12-9-16-15(17-10-12)18-11-13-3-2-8-22-13/h9-10,13H,2-8,11H2,1H3,(H,16,17,18). The zero-order valence-electron chi connectivity index (χ0n) is 13.0. The number of piperazine rings is 1. The Balaban J connectivity index is 1.53. The van der Waals surface area contributed by atoms with Crippen LogP contribution in [0, 0.1) is 0 Å². The molecule has 1 atom stereocenters. The lowest BCUT2D eigenvalue weighted by molar-refractivity contribution is 0.0663. The molecule has 3 heterocycles. The van der Waals surface area contributed by atoms with Crippen LogP contribution in [0.3, 0.4) is 0 Å². The molecular weight excluding hydrogens is 282 g/mol. The number of nitrogens with one attached hydrogen (secondary N) is 1. The Bertz CT molecular complexity index is 493. The molecule has 0 aliphatic carbocycles. The van der Waals surface area contributed by atoms with Gasteiger partial charge in [-0.2, -0.15) is 0 Å². The Morgan fingerprint density at radius 2 is 2.05 bits per heavy atom. The van der Waals surface area contributed by atoms with Crippen LogP contribution in [0.4, 0.5) is 5.95 Å². The topological polar surface area (TPSA) is 70.6 Å². The van der Waals surface area contributed by atoms with Crippen molar-refractivity contribution >= 4 is 11.9 Å². The summed E-state index contributed by atoms with van der Waals surface area (Å²) in [5.74, 6) is 0.559. The third-order valence-corrected chi connectivity index (χ3v) is 4.20. The molecule has 7 heteroatoms. The van der Waals surface area contributed by atoms with Crippen LogP contribution >= 0.6 is 0 Å². The molecular formula is C15H23N5O2. The minimum absolute atomic E-state index is 0.0128. The highest BCUT2D eigenvalue weighted by atomic mass is 16.5. The van der Waals surface area contributed by atoms with E-state index in [4.69, 9.17) is 4.74 Å². The fraction of sp³-hybridized carbons (Fsp3) is 0.667. The SMILES string of the molecule is CN1CCN(C(=O)c2cnc(NCC3CCCO3)nc2)CC1. The highest BCUT2D eigenvalue weighted by Crippen LogP contribution is 2.12. The summed E-state index contributed by atoms with van der Waals surface area (Å²) in [5, 5.41) is 3.16. The first-order valence-corrected chi connectivity index (χ1v) is 7.88. The van der Waals surface area contributed by atoms with Crippen LogP contribution in [0.15, 0.2) is 12.4 Å². The molecule has 0 aromatic carbocycles. The van der Waals surface area contributed by atoms with Gasteiger partial charge in [0, 0.05) is 51.7 Å². The van der Waals surface area contributed by atoms with E-state index < -0.39 is 0 Å². The van der Waals surface area contributed by atoms with Crippen LogP contribution in [0.1, 0.15) is 23.2 Å². The average Bonchev–Trinajstić information content (AvgIpc) is 3.07. The van der Waals surface area contributed by atoms with E-state index in [2.05, 4.69) is 27.2 Å². The number of anilines is 1. The Morgan fingerprint density at radius 3 is 2.68 bits per heavy atom. The maximum atomic E-state index is 12.4. The van der Waals surface area contributed by atoms with Crippen molar-refractivity contribution in [2.24, 2.45) is 0 Å². The van der Waals surface area contributed by atoms with Crippen LogP contribution in [0.2, 0.25) is 0 Å². The Kier molecular flexibility index (Phi) is 4.84. The molecule has 3 rings (SSSR count). The first kappa shape index (κ1) is 15.2. The van der Waals surface area contributed by atoms with Gasteiger partial charge in [-0.15, -0.1) is 0 Å². The van der Waals surface area contributed by atoms with E-state index in [1.807, 2.05) is 4.90 Å². The molecule has 22 heavy (non-hydrogen) atoms. The molecule has 2 saturated heterocycles. The first-order valence-electron chi connectivity index (χ1n) is 7.88. The lowest BCUT2D eigenvalue weighted by Crippen LogP contribution is -2.47. The number of carbonyl (C=O) groups excluding carboxylic acids is 1. The van der Waals surface area contributed by atoms with Crippen molar-refractivity contribution in [3.8, 4) is 0 Å². The van der Waals surface area contributed by atoms with Crippen molar-refractivity contribution in [1.82, 2.24) is 19.8 Å². The molecule has 1 aromatic rings. The molecule has 0 radical (unpaired) electrons. The maximum Gasteiger partial charge on any atom is 0.257 e. The van der Waals surface area contributed by atoms with Crippen LogP contribution < -0.4 is 5.32 Å². The van der Waals surface area contributed by atoms with Gasteiger partial charge in [-0.25, -0.2) is 9.97 Å². The van der Waals surface area contributed by atoms with Crippen molar-refractivity contribution in [1.29, 1.82) is 0 Å². The zero-order chi connectivity index (χ0) is 15.4. The number of likely N-dealkylation sites (N-methyl/N-ethyl adjacent to an activating group) is 1. The van der Waals surface area contributed by atoms with Gasteiger partial charge in [0.15, 0.2) is 0 Å². The number of nitrogens with zero attached hydrogens (tertiary/aromatic N) is 4. The number of rotatable bonds is 4. The molecule has 1 unspecified atom stereocenters. The fourth-order valence-electron chi connectivity index (χ4n) is 2.73. The summed E-state index contributed by atoms with van der Waals surface area (Å²) in [6.45, 7) is 4.89. The molecule has 1 amide bonds. The predicted octanol–water partition coefficient (Wildman–Crippen LogP) is 0.455. The molecule has 1 aromatic heterocycles. The number of ether oxygens (including phenoxy) is 1. The summed E-state index contributed by atoms with van der Waals surface area (Å²) in [4.78, 5) is 24.9. The van der Waals surface area contributed by atoms with Gasteiger partial charge in [0.05, 0.1) is 11.7 Å². The molecule has 0 spiro atoms. The third kappa shape index (κ3) is 3.72. The van der Waals surface area contributed by atoms with Gasteiger partial charge >= 0.3 is 0 Å². The number of carbonyl (C=O) groups is 1. The summed E-state index contributed by atoms with van der Waals surface area (Å²) in [5.41, 5.74) is 0.548. The Morgan fingerprint density at radius 1 is 1.32 bits per heavy atom. The third-order valence-electron chi connectivity index (χ3n) is 4.20. The van der Waals surface area contributed by atoms with E-state index in [-0.39, 0.29) is 12.0 Å². The monoisotopic (exact) mass is 305 g/mol. The van der Waals surface area contributed by atoms with Crippen molar-refractivity contribution < 1.29 is 9.53 Å². The lowest BCUT2D eigenvalue weighted by atomic mass is 10.2. The van der Waals surface area contributed by atoms with Crippen LogP contribution in [-0.2, 0) is 4.74 Å². The smallest absolute Gasteiger partial charge is 0.257 e. The van der Waals surface area contributed by atoms with E-state index in [9.17, 15) is 4.79 Å². The number of amides is 1. The molecule has 0 bridgehead atoms.